The van der Waals surface area contributed by atoms with Crippen molar-refractivity contribution >= 4 is 29.1 Å². The topological polar surface area (TPSA) is 17.1 Å². The molecule has 3 heteroatoms. The summed E-state index contributed by atoms with van der Waals surface area (Å²) in [6.45, 7) is 0. The molecule has 2 aliphatic heterocycles. The van der Waals surface area contributed by atoms with Crippen LogP contribution in [0.5, 0.6) is 0 Å². The fourth-order valence-electron chi connectivity index (χ4n) is 2.88. The van der Waals surface area contributed by atoms with E-state index in [2.05, 4.69) is 0 Å². The third-order valence-corrected chi connectivity index (χ3v) is 6.02. The first kappa shape index (κ1) is 7.69. The predicted octanol–water partition coefficient (Wildman–Crippen LogP) is 2.08. The van der Waals surface area contributed by atoms with Gasteiger partial charge in [-0.1, -0.05) is 0 Å². The van der Waals surface area contributed by atoms with Gasteiger partial charge in [0.05, 0.1) is 5.38 Å². The summed E-state index contributed by atoms with van der Waals surface area (Å²) >= 11 is 8.24. The third kappa shape index (κ3) is 0.805. The molecule has 0 spiro atoms. The highest BCUT2D eigenvalue weighted by atomic mass is 35.5. The van der Waals surface area contributed by atoms with Crippen molar-refractivity contribution in [2.45, 2.75) is 35.1 Å². The van der Waals surface area contributed by atoms with Gasteiger partial charge in [0.2, 0.25) is 0 Å². The highest BCUT2D eigenvalue weighted by molar-refractivity contribution is 8.00. The number of halogens is 1. The smallest absolute Gasteiger partial charge is 0.141 e. The number of carbonyl (C=O) groups excluding carboxylic acids is 1. The van der Waals surface area contributed by atoms with Crippen LogP contribution in [0.4, 0.5) is 0 Å². The Morgan fingerprint density at radius 3 is 2.92 bits per heavy atom. The van der Waals surface area contributed by atoms with Crippen LogP contribution in [-0.4, -0.2) is 21.7 Å². The summed E-state index contributed by atoms with van der Waals surface area (Å²) < 4.78 is 0. The summed E-state index contributed by atoms with van der Waals surface area (Å²) in [5, 5.41) is 1.36. The van der Waals surface area contributed by atoms with Gasteiger partial charge >= 0.3 is 0 Å². The molecule has 2 heterocycles. The van der Waals surface area contributed by atoms with Crippen molar-refractivity contribution in [2.24, 2.45) is 11.8 Å². The fourth-order valence-corrected chi connectivity index (χ4v) is 5.25. The maximum Gasteiger partial charge on any atom is 0.141 e. The van der Waals surface area contributed by atoms with Crippen LogP contribution >= 0.6 is 23.4 Å². The van der Waals surface area contributed by atoms with Gasteiger partial charge < -0.3 is 0 Å². The zero-order valence-electron chi connectivity index (χ0n) is 6.70. The minimum absolute atomic E-state index is 0.145. The molecule has 0 amide bonds. The molecule has 0 aromatic rings. The van der Waals surface area contributed by atoms with Gasteiger partial charge in [0.25, 0.3) is 0 Å². The molecule has 3 rings (SSSR count). The number of alkyl halides is 1. The van der Waals surface area contributed by atoms with Gasteiger partial charge in [0.1, 0.15) is 5.78 Å². The van der Waals surface area contributed by atoms with Gasteiger partial charge in [0, 0.05) is 22.3 Å². The fraction of sp³-hybridized carbons (Fsp3) is 0.889. The molecule has 0 aromatic heterocycles. The average Bonchev–Trinajstić information content (AvgIpc) is 2.33. The van der Waals surface area contributed by atoms with E-state index < -0.39 is 0 Å². The molecule has 66 valence electrons. The van der Waals surface area contributed by atoms with E-state index in [1.165, 1.54) is 6.42 Å². The van der Waals surface area contributed by atoms with Crippen molar-refractivity contribution in [3.63, 3.8) is 0 Å². The van der Waals surface area contributed by atoms with Crippen LogP contribution in [0.2, 0.25) is 0 Å². The van der Waals surface area contributed by atoms with E-state index in [1.54, 1.807) is 0 Å². The lowest BCUT2D eigenvalue weighted by atomic mass is 9.98. The van der Waals surface area contributed by atoms with E-state index in [0.29, 0.717) is 22.2 Å². The number of hydrogen-bond acceptors (Lipinski definition) is 2. The third-order valence-electron chi connectivity index (χ3n) is 3.52. The van der Waals surface area contributed by atoms with E-state index in [9.17, 15) is 4.79 Å². The second-order valence-electron chi connectivity index (χ2n) is 4.09. The quantitative estimate of drug-likeness (QED) is 0.560. The Balaban J connectivity index is 2.04. The molecular formula is C9H11ClOS. The monoisotopic (exact) mass is 202 g/mol. The molecular weight excluding hydrogens is 192 g/mol. The highest BCUT2D eigenvalue weighted by Gasteiger charge is 2.54. The lowest BCUT2D eigenvalue weighted by Crippen LogP contribution is -2.33. The average molecular weight is 203 g/mol. The van der Waals surface area contributed by atoms with E-state index in [-0.39, 0.29) is 11.3 Å². The molecule has 3 fully saturated rings. The molecule has 1 aliphatic carbocycles. The van der Waals surface area contributed by atoms with Crippen molar-refractivity contribution < 1.29 is 4.79 Å². The van der Waals surface area contributed by atoms with Gasteiger partial charge in [-0.25, -0.2) is 0 Å². The zero-order valence-corrected chi connectivity index (χ0v) is 8.27. The molecule has 12 heavy (non-hydrogen) atoms. The van der Waals surface area contributed by atoms with Crippen molar-refractivity contribution in [3.8, 4) is 0 Å². The first-order valence-corrected chi connectivity index (χ1v) is 5.98. The van der Waals surface area contributed by atoms with Crippen LogP contribution in [0, 0.1) is 11.8 Å². The highest BCUT2D eigenvalue weighted by Crippen LogP contribution is 2.55. The Morgan fingerprint density at radius 2 is 2.08 bits per heavy atom. The minimum Gasteiger partial charge on any atom is -0.299 e. The van der Waals surface area contributed by atoms with E-state index in [4.69, 9.17) is 11.6 Å². The molecule has 1 saturated carbocycles. The van der Waals surface area contributed by atoms with Crippen LogP contribution in [0.3, 0.4) is 0 Å². The van der Waals surface area contributed by atoms with Crippen LogP contribution in [0.1, 0.15) is 19.3 Å². The molecule has 0 aromatic carbocycles. The summed E-state index contributed by atoms with van der Waals surface area (Å²) in [5.41, 5.74) is 0. The molecule has 0 radical (unpaired) electrons. The Morgan fingerprint density at radius 1 is 1.25 bits per heavy atom. The van der Waals surface area contributed by atoms with Crippen molar-refractivity contribution in [1.82, 2.24) is 0 Å². The number of ketones is 1. The Hall–Kier alpha value is 0.310. The summed E-state index contributed by atoms with van der Waals surface area (Å²) in [6, 6.07) is 0. The first-order valence-electron chi connectivity index (χ1n) is 4.60. The summed E-state index contributed by atoms with van der Waals surface area (Å²) in [6.07, 6.45) is 3.35. The number of rotatable bonds is 0. The lowest BCUT2D eigenvalue weighted by Gasteiger charge is -2.35. The lowest BCUT2D eigenvalue weighted by molar-refractivity contribution is -0.123. The Bertz CT molecular complexity index is 243. The maximum atomic E-state index is 11.8. The van der Waals surface area contributed by atoms with Crippen LogP contribution in [-0.2, 0) is 4.79 Å². The minimum atomic E-state index is 0.145. The number of hydrogen-bond donors (Lipinski definition) is 0. The van der Waals surface area contributed by atoms with Crippen molar-refractivity contribution in [3.05, 3.63) is 0 Å². The standard InChI is InChI=1S/C9H11ClOS/c10-8-5-3-7-4(9(5)11)1-2-6(8)12-7/h4-8H,1-3H2/t4?,5-,6-,7?,8-/m0/s1. The van der Waals surface area contributed by atoms with Crippen LogP contribution in [0.15, 0.2) is 0 Å². The zero-order chi connectivity index (χ0) is 8.29. The number of fused-ring (bicyclic) bond motifs is 2. The molecule has 5 atom stereocenters. The second kappa shape index (κ2) is 2.42. The van der Waals surface area contributed by atoms with E-state index in [1.807, 2.05) is 11.8 Å². The molecule has 2 unspecified atom stereocenters. The van der Waals surface area contributed by atoms with Gasteiger partial charge in [-0.15, -0.1) is 11.6 Å². The molecule has 0 N–H and O–H groups in total. The van der Waals surface area contributed by atoms with Gasteiger partial charge in [-0.2, -0.15) is 11.8 Å². The number of thioether (sulfide) groups is 1. The Labute approximate surface area is 81.2 Å². The molecule has 3 aliphatic rings. The normalized spacial score (nSPS) is 56.4. The van der Waals surface area contributed by atoms with E-state index in [0.717, 1.165) is 12.8 Å². The maximum absolute atomic E-state index is 11.8. The summed E-state index contributed by atoms with van der Waals surface area (Å²) in [5.74, 6) is 1.07. The summed E-state index contributed by atoms with van der Waals surface area (Å²) in [4.78, 5) is 11.8. The van der Waals surface area contributed by atoms with Crippen LogP contribution in [0.25, 0.3) is 0 Å². The number of Topliss-reactive ketones (excluding diaryl/α,β-unsaturated/α-hetero) is 1. The largest absolute Gasteiger partial charge is 0.299 e. The van der Waals surface area contributed by atoms with Crippen molar-refractivity contribution in [1.29, 1.82) is 0 Å². The molecule has 1 nitrogen and oxygen atoms in total. The van der Waals surface area contributed by atoms with E-state index >= 15 is 0 Å². The Kier molecular flexibility index (Phi) is 1.55. The SMILES string of the molecule is O=C1C2CC[C@@H]3SC2C[C@H]1[C@@H]3Cl. The van der Waals surface area contributed by atoms with Gasteiger partial charge in [0.15, 0.2) is 0 Å². The first-order chi connectivity index (χ1) is 5.77. The van der Waals surface area contributed by atoms with Gasteiger partial charge in [-0.05, 0) is 19.3 Å². The van der Waals surface area contributed by atoms with Gasteiger partial charge in [-0.3, -0.25) is 4.79 Å². The predicted molar refractivity (Wildman–Crippen MR) is 50.6 cm³/mol. The summed E-state index contributed by atoms with van der Waals surface area (Å²) in [7, 11) is 0. The molecule has 3 bridgehead atoms. The van der Waals surface area contributed by atoms with Crippen LogP contribution < -0.4 is 0 Å². The number of carbonyl (C=O) groups is 1. The second-order valence-corrected chi connectivity index (χ2v) is 6.07. The molecule has 2 saturated heterocycles. The van der Waals surface area contributed by atoms with Crippen molar-refractivity contribution in [2.75, 3.05) is 0 Å².